The van der Waals surface area contributed by atoms with Gasteiger partial charge in [-0.15, -0.1) is 0 Å². The molecule has 2 rings (SSSR count). The maximum atomic E-state index is 12.6. The van der Waals surface area contributed by atoms with Crippen LogP contribution in [0.4, 0.5) is 0 Å². The summed E-state index contributed by atoms with van der Waals surface area (Å²) in [5.41, 5.74) is 0. The average molecular weight is 325 g/mol. The molecule has 0 aliphatic carbocycles. The zero-order chi connectivity index (χ0) is 16.8. The van der Waals surface area contributed by atoms with Gasteiger partial charge in [0, 0.05) is 32.7 Å². The highest BCUT2D eigenvalue weighted by Crippen LogP contribution is 2.18. The van der Waals surface area contributed by atoms with E-state index in [-0.39, 0.29) is 6.04 Å². The Hall–Kier alpha value is -0.650. The SMILES string of the molecule is CN[C@H](CC(C)C)C(=O)N1CCN(CC2CCN(C)CC2)CC1. The van der Waals surface area contributed by atoms with E-state index >= 15 is 0 Å². The monoisotopic (exact) mass is 324 g/mol. The first-order chi connectivity index (χ1) is 11.0. The molecule has 2 aliphatic heterocycles. The van der Waals surface area contributed by atoms with Gasteiger partial charge in [0.25, 0.3) is 0 Å². The zero-order valence-corrected chi connectivity index (χ0v) is 15.6. The van der Waals surface area contributed by atoms with Crippen molar-refractivity contribution in [3.05, 3.63) is 0 Å². The number of carbonyl (C=O) groups is 1. The Labute approximate surface area is 142 Å². The third-order valence-corrected chi connectivity index (χ3v) is 5.39. The summed E-state index contributed by atoms with van der Waals surface area (Å²) in [6.07, 6.45) is 3.57. The largest absolute Gasteiger partial charge is 0.339 e. The van der Waals surface area contributed by atoms with Crippen molar-refractivity contribution in [2.45, 2.75) is 39.2 Å². The van der Waals surface area contributed by atoms with E-state index in [2.05, 4.69) is 40.9 Å². The predicted molar refractivity (Wildman–Crippen MR) is 95.5 cm³/mol. The predicted octanol–water partition coefficient (Wildman–Crippen LogP) is 1.11. The zero-order valence-electron chi connectivity index (χ0n) is 15.6. The van der Waals surface area contributed by atoms with Gasteiger partial charge in [0.15, 0.2) is 0 Å². The summed E-state index contributed by atoms with van der Waals surface area (Å²) < 4.78 is 0. The molecule has 0 aromatic heterocycles. The normalized spacial score (nSPS) is 23.4. The van der Waals surface area contributed by atoms with Gasteiger partial charge in [-0.25, -0.2) is 0 Å². The molecule has 0 saturated carbocycles. The van der Waals surface area contributed by atoms with Crippen LogP contribution in [0.15, 0.2) is 0 Å². The van der Waals surface area contributed by atoms with E-state index in [1.54, 1.807) is 0 Å². The van der Waals surface area contributed by atoms with Gasteiger partial charge >= 0.3 is 0 Å². The van der Waals surface area contributed by atoms with E-state index < -0.39 is 0 Å². The van der Waals surface area contributed by atoms with Gasteiger partial charge in [-0.2, -0.15) is 0 Å². The minimum Gasteiger partial charge on any atom is -0.339 e. The molecule has 2 heterocycles. The van der Waals surface area contributed by atoms with Crippen LogP contribution in [0.25, 0.3) is 0 Å². The smallest absolute Gasteiger partial charge is 0.239 e. The third-order valence-electron chi connectivity index (χ3n) is 5.39. The Morgan fingerprint density at radius 2 is 1.70 bits per heavy atom. The van der Waals surface area contributed by atoms with Crippen LogP contribution in [0.5, 0.6) is 0 Å². The molecule has 2 fully saturated rings. The lowest BCUT2D eigenvalue weighted by Gasteiger charge is -2.39. The minimum absolute atomic E-state index is 0.0181. The lowest BCUT2D eigenvalue weighted by molar-refractivity contribution is -0.135. The van der Waals surface area contributed by atoms with Crippen molar-refractivity contribution >= 4 is 5.91 Å². The number of hydrogen-bond donors (Lipinski definition) is 1. The summed E-state index contributed by atoms with van der Waals surface area (Å²) in [6, 6.07) is -0.0181. The van der Waals surface area contributed by atoms with E-state index in [9.17, 15) is 4.79 Å². The number of likely N-dealkylation sites (N-methyl/N-ethyl adjacent to an activating group) is 1. The number of hydrogen-bond acceptors (Lipinski definition) is 4. The van der Waals surface area contributed by atoms with Gasteiger partial charge in [-0.1, -0.05) is 13.8 Å². The van der Waals surface area contributed by atoms with Crippen molar-refractivity contribution in [3.8, 4) is 0 Å². The van der Waals surface area contributed by atoms with Crippen LogP contribution < -0.4 is 5.32 Å². The summed E-state index contributed by atoms with van der Waals surface area (Å²) >= 11 is 0. The number of likely N-dealkylation sites (tertiary alicyclic amines) is 1. The molecule has 23 heavy (non-hydrogen) atoms. The maximum absolute atomic E-state index is 12.6. The van der Waals surface area contributed by atoms with Crippen molar-refractivity contribution in [1.82, 2.24) is 20.0 Å². The Morgan fingerprint density at radius 1 is 1.09 bits per heavy atom. The highest BCUT2D eigenvalue weighted by atomic mass is 16.2. The van der Waals surface area contributed by atoms with Crippen LogP contribution in [0.3, 0.4) is 0 Å². The van der Waals surface area contributed by atoms with Gasteiger partial charge in [0.1, 0.15) is 0 Å². The Kier molecular flexibility index (Phi) is 7.31. The Balaban J connectivity index is 1.73. The van der Waals surface area contributed by atoms with Crippen molar-refractivity contribution < 1.29 is 4.79 Å². The first-order valence-electron chi connectivity index (χ1n) is 9.36. The number of nitrogens with one attached hydrogen (secondary N) is 1. The molecule has 1 amide bonds. The number of piperazine rings is 1. The lowest BCUT2D eigenvalue weighted by atomic mass is 9.96. The van der Waals surface area contributed by atoms with E-state index in [4.69, 9.17) is 0 Å². The molecule has 0 aromatic carbocycles. The minimum atomic E-state index is -0.0181. The second-order valence-electron chi connectivity index (χ2n) is 7.84. The standard InChI is InChI=1S/C18H36N4O/c1-15(2)13-17(19-3)18(23)22-11-9-21(10-12-22)14-16-5-7-20(4)8-6-16/h15-17,19H,5-14H2,1-4H3/t17-/m1/s1. The van der Waals surface area contributed by atoms with Crippen molar-refractivity contribution in [2.24, 2.45) is 11.8 Å². The number of carbonyl (C=O) groups excluding carboxylic acids is 1. The molecule has 5 nitrogen and oxygen atoms in total. The van der Waals surface area contributed by atoms with Crippen LogP contribution in [-0.4, -0.2) is 86.6 Å². The van der Waals surface area contributed by atoms with Crippen LogP contribution in [0, 0.1) is 11.8 Å². The second-order valence-corrected chi connectivity index (χ2v) is 7.84. The summed E-state index contributed by atoms with van der Waals surface area (Å²) in [4.78, 5) is 19.7. The summed E-state index contributed by atoms with van der Waals surface area (Å²) in [5, 5.41) is 3.20. The topological polar surface area (TPSA) is 38.8 Å². The molecular formula is C18H36N4O. The third kappa shape index (κ3) is 5.73. The fourth-order valence-corrected chi connectivity index (χ4v) is 3.79. The quantitative estimate of drug-likeness (QED) is 0.794. The van der Waals surface area contributed by atoms with Gasteiger partial charge in [-0.3, -0.25) is 9.69 Å². The highest BCUT2D eigenvalue weighted by Gasteiger charge is 2.28. The average Bonchev–Trinajstić information content (AvgIpc) is 2.54. The fourth-order valence-electron chi connectivity index (χ4n) is 3.79. The van der Waals surface area contributed by atoms with Gasteiger partial charge in [-0.05, 0) is 58.3 Å². The first kappa shape index (κ1) is 18.7. The molecule has 1 N–H and O–H groups in total. The van der Waals surface area contributed by atoms with Gasteiger partial charge in [0.2, 0.25) is 5.91 Å². The molecule has 2 saturated heterocycles. The molecule has 5 heteroatoms. The van der Waals surface area contributed by atoms with Crippen molar-refractivity contribution in [2.75, 3.05) is 59.9 Å². The van der Waals surface area contributed by atoms with E-state index in [0.717, 1.165) is 38.5 Å². The van der Waals surface area contributed by atoms with E-state index in [0.29, 0.717) is 11.8 Å². The molecule has 0 aromatic rings. The van der Waals surface area contributed by atoms with Crippen molar-refractivity contribution in [3.63, 3.8) is 0 Å². The number of piperidine rings is 1. The van der Waals surface area contributed by atoms with Crippen LogP contribution in [0.1, 0.15) is 33.1 Å². The summed E-state index contributed by atoms with van der Waals surface area (Å²) in [6.45, 7) is 11.9. The molecular weight excluding hydrogens is 288 g/mol. The molecule has 0 radical (unpaired) electrons. The molecule has 0 unspecified atom stereocenters. The molecule has 1 atom stereocenters. The molecule has 0 bridgehead atoms. The van der Waals surface area contributed by atoms with Crippen molar-refractivity contribution in [1.29, 1.82) is 0 Å². The molecule has 0 spiro atoms. The van der Waals surface area contributed by atoms with Crippen LogP contribution in [0.2, 0.25) is 0 Å². The summed E-state index contributed by atoms with van der Waals surface area (Å²) in [5.74, 6) is 1.68. The Morgan fingerprint density at radius 3 is 2.22 bits per heavy atom. The van der Waals surface area contributed by atoms with Crippen LogP contribution >= 0.6 is 0 Å². The van der Waals surface area contributed by atoms with E-state index in [1.165, 1.54) is 32.5 Å². The highest BCUT2D eigenvalue weighted by molar-refractivity contribution is 5.82. The maximum Gasteiger partial charge on any atom is 0.239 e. The number of rotatable bonds is 6. The first-order valence-corrected chi connectivity index (χ1v) is 9.36. The second kappa shape index (κ2) is 9.00. The Bertz CT molecular complexity index is 358. The molecule has 134 valence electrons. The van der Waals surface area contributed by atoms with Gasteiger partial charge < -0.3 is 15.1 Å². The number of amides is 1. The summed E-state index contributed by atoms with van der Waals surface area (Å²) in [7, 11) is 4.12. The number of nitrogens with zero attached hydrogens (tertiary/aromatic N) is 3. The van der Waals surface area contributed by atoms with E-state index in [1.807, 2.05) is 7.05 Å². The van der Waals surface area contributed by atoms with Gasteiger partial charge in [0.05, 0.1) is 6.04 Å². The van der Waals surface area contributed by atoms with Crippen LogP contribution in [-0.2, 0) is 4.79 Å². The fraction of sp³-hybridized carbons (Fsp3) is 0.944. The molecule has 2 aliphatic rings. The lowest BCUT2D eigenvalue weighted by Crippen LogP contribution is -2.54.